The summed E-state index contributed by atoms with van der Waals surface area (Å²) in [6.07, 6.45) is -0.997. The third-order valence-corrected chi connectivity index (χ3v) is 3.93. The van der Waals surface area contributed by atoms with Crippen molar-refractivity contribution in [2.45, 2.75) is 31.8 Å². The number of aliphatic hydroxyl groups excluding tert-OH is 3. The van der Waals surface area contributed by atoms with Gasteiger partial charge in [0.15, 0.2) is 0 Å². The smallest absolute Gasteiger partial charge is 0.304 e. The summed E-state index contributed by atoms with van der Waals surface area (Å²) in [5.74, 6) is -2.20. The highest BCUT2D eigenvalue weighted by molar-refractivity contribution is 5.68. The lowest BCUT2D eigenvalue weighted by molar-refractivity contribution is -0.160. The van der Waals surface area contributed by atoms with Gasteiger partial charge in [0, 0.05) is 17.3 Å². The molecule has 1 fully saturated rings. The number of fused-ring (bicyclic) bond motifs is 1. The fourth-order valence-electron chi connectivity index (χ4n) is 3.05. The minimum Gasteiger partial charge on any atom is -0.481 e. The van der Waals surface area contributed by atoms with E-state index in [1.165, 1.54) is 6.26 Å². The van der Waals surface area contributed by atoms with Crippen LogP contribution in [0.2, 0.25) is 0 Å². The molecule has 4 N–H and O–H groups in total. The van der Waals surface area contributed by atoms with Crippen molar-refractivity contribution in [3.05, 3.63) is 12.3 Å². The molecule has 1 aliphatic carbocycles. The van der Waals surface area contributed by atoms with E-state index >= 15 is 0 Å². The summed E-state index contributed by atoms with van der Waals surface area (Å²) in [5, 5.41) is 38.6. The minimum atomic E-state index is -1.21. The van der Waals surface area contributed by atoms with Gasteiger partial charge in [-0.1, -0.05) is 6.92 Å². The number of hydrogen-bond acceptors (Lipinski definition) is 5. The van der Waals surface area contributed by atoms with Crippen molar-refractivity contribution in [3.8, 4) is 0 Å². The molecule has 0 saturated heterocycles. The van der Waals surface area contributed by atoms with E-state index in [2.05, 4.69) is 0 Å². The molecule has 0 amide bonds. The first-order valence-corrected chi connectivity index (χ1v) is 5.46. The second-order valence-corrected chi connectivity index (χ2v) is 4.97. The average Bonchev–Trinajstić information content (AvgIpc) is 2.41. The van der Waals surface area contributed by atoms with Gasteiger partial charge in [0.25, 0.3) is 0 Å². The van der Waals surface area contributed by atoms with Crippen LogP contribution < -0.4 is 0 Å². The molecule has 6 unspecified atom stereocenters. The first kappa shape index (κ1) is 12.3. The molecule has 96 valence electrons. The van der Waals surface area contributed by atoms with Gasteiger partial charge in [-0.15, -0.1) is 0 Å². The Balaban J connectivity index is 2.37. The number of carboxylic acid groups (broad SMARTS) is 1. The molecular weight excluding hydrogens is 228 g/mol. The van der Waals surface area contributed by atoms with E-state index in [1.54, 1.807) is 13.0 Å². The van der Waals surface area contributed by atoms with Crippen LogP contribution in [0.25, 0.3) is 0 Å². The van der Waals surface area contributed by atoms with Crippen LogP contribution in [0.1, 0.15) is 13.3 Å². The van der Waals surface area contributed by atoms with Gasteiger partial charge in [-0.05, 0) is 6.08 Å². The van der Waals surface area contributed by atoms with Crippen LogP contribution in [-0.2, 0) is 9.53 Å². The maximum atomic E-state index is 10.9. The van der Waals surface area contributed by atoms with E-state index in [4.69, 9.17) is 9.84 Å². The zero-order valence-electron chi connectivity index (χ0n) is 9.35. The number of rotatable bonds is 2. The van der Waals surface area contributed by atoms with E-state index in [0.717, 1.165) is 0 Å². The fourth-order valence-corrected chi connectivity index (χ4v) is 3.05. The SMILES string of the molecule is CC1(CC(=O)O)C(O)C(O)C2C=COC(O)C21. The highest BCUT2D eigenvalue weighted by Gasteiger charge is 2.60. The van der Waals surface area contributed by atoms with Crippen molar-refractivity contribution < 1.29 is 30.0 Å². The molecule has 1 aliphatic heterocycles. The summed E-state index contributed by atoms with van der Waals surface area (Å²) in [4.78, 5) is 10.9. The highest BCUT2D eigenvalue weighted by atomic mass is 16.6. The van der Waals surface area contributed by atoms with Gasteiger partial charge in [0.2, 0.25) is 6.29 Å². The summed E-state index contributed by atoms with van der Waals surface area (Å²) in [5.41, 5.74) is -1.11. The normalized spacial score (nSPS) is 48.6. The van der Waals surface area contributed by atoms with E-state index in [0.29, 0.717) is 0 Å². The average molecular weight is 244 g/mol. The Morgan fingerprint density at radius 2 is 2.06 bits per heavy atom. The van der Waals surface area contributed by atoms with Gasteiger partial charge in [0.05, 0.1) is 24.9 Å². The first-order valence-electron chi connectivity index (χ1n) is 5.46. The maximum absolute atomic E-state index is 10.9. The third-order valence-electron chi connectivity index (χ3n) is 3.93. The molecule has 1 saturated carbocycles. The lowest BCUT2D eigenvalue weighted by Crippen LogP contribution is -2.43. The van der Waals surface area contributed by atoms with E-state index in [9.17, 15) is 20.1 Å². The summed E-state index contributed by atoms with van der Waals surface area (Å²) in [7, 11) is 0. The summed E-state index contributed by atoms with van der Waals surface area (Å²) in [6.45, 7) is 1.55. The van der Waals surface area contributed by atoms with Crippen LogP contribution in [0.4, 0.5) is 0 Å². The number of carboxylic acids is 1. The third kappa shape index (κ3) is 1.72. The molecule has 6 nitrogen and oxygen atoms in total. The van der Waals surface area contributed by atoms with Crippen molar-refractivity contribution in [1.29, 1.82) is 0 Å². The molecule has 2 rings (SSSR count). The number of hydrogen-bond donors (Lipinski definition) is 4. The summed E-state index contributed by atoms with van der Waals surface area (Å²) >= 11 is 0. The molecule has 17 heavy (non-hydrogen) atoms. The van der Waals surface area contributed by atoms with Crippen molar-refractivity contribution in [2.24, 2.45) is 17.3 Å². The van der Waals surface area contributed by atoms with Crippen molar-refractivity contribution in [1.82, 2.24) is 0 Å². The van der Waals surface area contributed by atoms with Crippen LogP contribution in [0, 0.1) is 17.3 Å². The standard InChI is InChI=1S/C11H16O6/c1-11(4-6(12)13)7-5(8(14)9(11)15)2-3-17-10(7)16/h2-3,5,7-10,14-16H,4H2,1H3,(H,12,13). The Kier molecular flexibility index (Phi) is 2.89. The maximum Gasteiger partial charge on any atom is 0.304 e. The number of aliphatic hydroxyl groups is 3. The summed E-state index contributed by atoms with van der Waals surface area (Å²) in [6, 6.07) is 0. The number of ether oxygens (including phenoxy) is 1. The Labute approximate surface area is 98.1 Å². The topological polar surface area (TPSA) is 107 Å². The van der Waals surface area contributed by atoms with Gasteiger partial charge in [-0.2, -0.15) is 0 Å². The second-order valence-electron chi connectivity index (χ2n) is 4.97. The zero-order valence-corrected chi connectivity index (χ0v) is 9.35. The van der Waals surface area contributed by atoms with E-state index in [-0.39, 0.29) is 6.42 Å². The van der Waals surface area contributed by atoms with Gasteiger partial charge < -0.3 is 25.2 Å². The predicted octanol–water partition coefficient (Wildman–Crippen LogP) is -0.703. The van der Waals surface area contributed by atoms with Gasteiger partial charge in [-0.3, -0.25) is 4.79 Å². The Hall–Kier alpha value is -1.11. The fraction of sp³-hybridized carbons (Fsp3) is 0.727. The van der Waals surface area contributed by atoms with Crippen LogP contribution >= 0.6 is 0 Å². The monoisotopic (exact) mass is 244 g/mol. The van der Waals surface area contributed by atoms with Crippen LogP contribution in [-0.4, -0.2) is 44.9 Å². The Bertz CT molecular complexity index is 354. The summed E-state index contributed by atoms with van der Waals surface area (Å²) < 4.78 is 4.93. The second kappa shape index (κ2) is 3.97. The number of carbonyl (C=O) groups is 1. The molecule has 0 aromatic heterocycles. The lowest BCUT2D eigenvalue weighted by atomic mass is 9.72. The Morgan fingerprint density at radius 3 is 2.65 bits per heavy atom. The van der Waals surface area contributed by atoms with Gasteiger partial charge in [-0.25, -0.2) is 0 Å². The molecule has 2 aliphatic rings. The van der Waals surface area contributed by atoms with Crippen molar-refractivity contribution in [3.63, 3.8) is 0 Å². The predicted molar refractivity (Wildman–Crippen MR) is 55.6 cm³/mol. The molecule has 0 aromatic rings. The quantitative estimate of drug-likeness (QED) is 0.511. The van der Waals surface area contributed by atoms with E-state index < -0.39 is 41.7 Å². The Morgan fingerprint density at radius 1 is 1.41 bits per heavy atom. The molecule has 0 aromatic carbocycles. The molecule has 0 spiro atoms. The lowest BCUT2D eigenvalue weighted by Gasteiger charge is -2.37. The van der Waals surface area contributed by atoms with Crippen molar-refractivity contribution >= 4 is 5.97 Å². The van der Waals surface area contributed by atoms with Gasteiger partial charge in [0.1, 0.15) is 0 Å². The van der Waals surface area contributed by atoms with Crippen molar-refractivity contribution in [2.75, 3.05) is 0 Å². The number of aliphatic carboxylic acids is 1. The zero-order chi connectivity index (χ0) is 12.8. The molecule has 6 atom stereocenters. The van der Waals surface area contributed by atoms with Crippen LogP contribution in [0.5, 0.6) is 0 Å². The first-order chi connectivity index (χ1) is 7.88. The largest absolute Gasteiger partial charge is 0.481 e. The molecule has 0 radical (unpaired) electrons. The molecule has 1 heterocycles. The van der Waals surface area contributed by atoms with E-state index in [1.807, 2.05) is 0 Å². The molecular formula is C11H16O6. The minimum absolute atomic E-state index is 0.333. The molecule has 0 bridgehead atoms. The van der Waals surface area contributed by atoms with Crippen LogP contribution in [0.15, 0.2) is 12.3 Å². The van der Waals surface area contributed by atoms with Gasteiger partial charge >= 0.3 is 5.97 Å². The van der Waals surface area contributed by atoms with Crippen LogP contribution in [0.3, 0.4) is 0 Å². The highest BCUT2D eigenvalue weighted by Crippen LogP contribution is 2.52. The molecule has 6 heteroatoms.